The number of H-pyrrole nitrogens is 1. The summed E-state index contributed by atoms with van der Waals surface area (Å²) in [6, 6.07) is 5.94. The molecule has 0 unspecified atom stereocenters. The molecular formula is C19H19Cl2N7O. The van der Waals surface area contributed by atoms with Crippen molar-refractivity contribution in [2.75, 3.05) is 4.90 Å². The van der Waals surface area contributed by atoms with Crippen molar-refractivity contribution in [3.8, 4) is 11.3 Å². The van der Waals surface area contributed by atoms with Crippen LogP contribution in [0.15, 0.2) is 18.2 Å². The number of anilines is 1. The van der Waals surface area contributed by atoms with E-state index < -0.39 is 5.91 Å². The average molecular weight is 432 g/mol. The zero-order valence-corrected chi connectivity index (χ0v) is 16.9. The molecule has 150 valence electrons. The maximum absolute atomic E-state index is 12.3. The van der Waals surface area contributed by atoms with E-state index in [4.69, 9.17) is 34.7 Å². The van der Waals surface area contributed by atoms with Gasteiger partial charge in [0, 0.05) is 23.7 Å². The summed E-state index contributed by atoms with van der Waals surface area (Å²) in [5.41, 5.74) is 13.4. The zero-order chi connectivity index (χ0) is 20.3. The summed E-state index contributed by atoms with van der Waals surface area (Å²) < 4.78 is 0. The summed E-state index contributed by atoms with van der Waals surface area (Å²) in [4.78, 5) is 23.7. The second-order valence-electron chi connectivity index (χ2n) is 7.66. The number of halogens is 2. The molecule has 0 spiro atoms. The van der Waals surface area contributed by atoms with Crippen LogP contribution in [-0.4, -0.2) is 44.2 Å². The van der Waals surface area contributed by atoms with E-state index in [0.717, 1.165) is 25.7 Å². The fourth-order valence-corrected chi connectivity index (χ4v) is 5.03. The maximum atomic E-state index is 12.3. The van der Waals surface area contributed by atoms with Crippen LogP contribution in [0.25, 0.3) is 22.3 Å². The van der Waals surface area contributed by atoms with Gasteiger partial charge in [-0.25, -0.2) is 4.98 Å². The topological polar surface area (TPSA) is 127 Å². The molecule has 2 aliphatic rings. The standard InChI is InChI=1S/C19H19Cl2N7O/c20-12-3-1-2-11(14(12)21)15-13-16(17(23)29)24-19(25-18(13)27-26-15)28-9-4-5-10(28)7-8(22)6-9/h1-3,8-10H,4-7,22H2,(H2,23,29)(H,24,25,26,27)/t8-,9-,10+. The minimum atomic E-state index is -0.652. The first-order valence-electron chi connectivity index (χ1n) is 9.48. The molecule has 4 heterocycles. The largest absolute Gasteiger partial charge is 0.364 e. The smallest absolute Gasteiger partial charge is 0.268 e. The average Bonchev–Trinajstić information content (AvgIpc) is 3.22. The SMILES string of the molecule is NC(=O)c1nc(N2[C@@H]3CC[C@H]2C[C@H](N)C3)nc2[nH]nc(-c3cccc(Cl)c3Cl)c12. The van der Waals surface area contributed by atoms with Crippen LogP contribution in [-0.2, 0) is 0 Å². The Labute approximate surface area is 176 Å². The lowest BCUT2D eigenvalue weighted by atomic mass is 9.98. The maximum Gasteiger partial charge on any atom is 0.268 e. The summed E-state index contributed by atoms with van der Waals surface area (Å²) in [6.07, 6.45) is 3.85. The van der Waals surface area contributed by atoms with Crippen molar-refractivity contribution in [2.24, 2.45) is 11.5 Å². The van der Waals surface area contributed by atoms with E-state index >= 15 is 0 Å². The summed E-state index contributed by atoms with van der Waals surface area (Å²) in [6.45, 7) is 0. The first kappa shape index (κ1) is 18.6. The number of carbonyl (C=O) groups excluding carboxylic acids is 1. The van der Waals surface area contributed by atoms with Crippen molar-refractivity contribution in [1.29, 1.82) is 0 Å². The van der Waals surface area contributed by atoms with Gasteiger partial charge in [0.05, 0.1) is 15.4 Å². The van der Waals surface area contributed by atoms with Crippen LogP contribution in [0.4, 0.5) is 5.95 Å². The predicted octanol–water partition coefficient (Wildman–Crippen LogP) is 2.88. The molecule has 8 nitrogen and oxygen atoms in total. The molecule has 0 aliphatic carbocycles. The third-order valence-corrected chi connectivity index (χ3v) is 6.67. The van der Waals surface area contributed by atoms with Crippen molar-refractivity contribution in [3.05, 3.63) is 33.9 Å². The van der Waals surface area contributed by atoms with Crippen molar-refractivity contribution in [3.63, 3.8) is 0 Å². The Bertz CT molecular complexity index is 1120. The predicted molar refractivity (Wildman–Crippen MR) is 112 cm³/mol. The number of nitrogens with one attached hydrogen (secondary N) is 1. The van der Waals surface area contributed by atoms with E-state index in [2.05, 4.69) is 25.1 Å². The lowest BCUT2D eigenvalue weighted by Crippen LogP contribution is -2.48. The van der Waals surface area contributed by atoms with E-state index in [1.807, 2.05) is 0 Å². The highest BCUT2D eigenvalue weighted by Gasteiger charge is 2.41. The molecule has 1 aromatic carbocycles. The molecule has 2 fully saturated rings. The monoisotopic (exact) mass is 431 g/mol. The van der Waals surface area contributed by atoms with E-state index in [-0.39, 0.29) is 23.8 Å². The van der Waals surface area contributed by atoms with Gasteiger partial charge < -0.3 is 16.4 Å². The van der Waals surface area contributed by atoms with Crippen molar-refractivity contribution < 1.29 is 4.79 Å². The van der Waals surface area contributed by atoms with E-state index in [9.17, 15) is 4.79 Å². The molecular weight excluding hydrogens is 413 g/mol. The highest BCUT2D eigenvalue weighted by Crippen LogP contribution is 2.40. The summed E-state index contributed by atoms with van der Waals surface area (Å²) in [5.74, 6) is -0.168. The molecule has 3 aromatic rings. The lowest BCUT2D eigenvalue weighted by molar-refractivity contribution is 0.0997. The number of nitrogens with two attached hydrogens (primary N) is 2. The molecule has 1 amide bonds. The number of carbonyl (C=O) groups is 1. The van der Waals surface area contributed by atoms with Gasteiger partial charge in [0.25, 0.3) is 5.91 Å². The molecule has 0 saturated carbocycles. The van der Waals surface area contributed by atoms with Gasteiger partial charge >= 0.3 is 0 Å². The van der Waals surface area contributed by atoms with Crippen LogP contribution >= 0.6 is 23.2 Å². The highest BCUT2D eigenvalue weighted by molar-refractivity contribution is 6.43. The summed E-state index contributed by atoms with van der Waals surface area (Å²) >= 11 is 12.5. The third kappa shape index (κ3) is 2.94. The van der Waals surface area contributed by atoms with E-state index in [1.54, 1.807) is 18.2 Å². The van der Waals surface area contributed by atoms with E-state index in [1.165, 1.54) is 0 Å². The molecule has 0 radical (unpaired) electrons. The Morgan fingerprint density at radius 2 is 1.90 bits per heavy atom. The first-order valence-corrected chi connectivity index (χ1v) is 10.2. The van der Waals surface area contributed by atoms with Gasteiger partial charge in [-0.15, -0.1) is 0 Å². The molecule has 10 heteroatoms. The number of aromatic amines is 1. The molecule has 29 heavy (non-hydrogen) atoms. The van der Waals surface area contributed by atoms with Crippen LogP contribution in [0.2, 0.25) is 10.0 Å². The van der Waals surface area contributed by atoms with Gasteiger partial charge in [-0.2, -0.15) is 10.1 Å². The van der Waals surface area contributed by atoms with Gasteiger partial charge in [-0.05, 0) is 31.7 Å². The number of hydrogen-bond acceptors (Lipinski definition) is 6. The van der Waals surface area contributed by atoms with Crippen molar-refractivity contribution in [1.82, 2.24) is 20.2 Å². The number of benzene rings is 1. The number of rotatable bonds is 3. The Balaban J connectivity index is 1.68. The van der Waals surface area contributed by atoms with Crippen LogP contribution in [0.1, 0.15) is 36.2 Å². The van der Waals surface area contributed by atoms with Gasteiger partial charge in [-0.3, -0.25) is 9.89 Å². The van der Waals surface area contributed by atoms with Gasteiger partial charge in [-0.1, -0.05) is 35.3 Å². The Kier molecular flexibility index (Phi) is 4.38. The quantitative estimate of drug-likeness (QED) is 0.584. The van der Waals surface area contributed by atoms with Gasteiger partial charge in [0.15, 0.2) is 5.65 Å². The van der Waals surface area contributed by atoms with Crippen LogP contribution < -0.4 is 16.4 Å². The molecule has 2 aromatic heterocycles. The molecule has 5 N–H and O–H groups in total. The summed E-state index contributed by atoms with van der Waals surface area (Å²) in [7, 11) is 0. The van der Waals surface area contributed by atoms with Gasteiger partial charge in [0.2, 0.25) is 5.95 Å². The number of hydrogen-bond donors (Lipinski definition) is 3. The molecule has 2 bridgehead atoms. The first-order chi connectivity index (χ1) is 13.9. The van der Waals surface area contributed by atoms with E-state index in [0.29, 0.717) is 38.3 Å². The minimum Gasteiger partial charge on any atom is -0.364 e. The molecule has 2 aliphatic heterocycles. The van der Waals surface area contributed by atoms with Crippen molar-refractivity contribution >= 4 is 46.1 Å². The number of primary amides is 1. The molecule has 2 saturated heterocycles. The number of aromatic nitrogens is 4. The zero-order valence-electron chi connectivity index (χ0n) is 15.4. The summed E-state index contributed by atoms with van der Waals surface area (Å²) in [5, 5.41) is 8.41. The number of nitrogens with zero attached hydrogens (tertiary/aromatic N) is 4. The van der Waals surface area contributed by atoms with Crippen molar-refractivity contribution in [2.45, 2.75) is 43.8 Å². The number of amides is 1. The fraction of sp³-hybridized carbons (Fsp3) is 0.368. The Hall–Kier alpha value is -2.42. The third-order valence-electron chi connectivity index (χ3n) is 5.85. The number of fused-ring (bicyclic) bond motifs is 3. The van der Waals surface area contributed by atoms with Crippen LogP contribution in [0, 0.1) is 0 Å². The normalized spacial score (nSPS) is 23.7. The minimum absolute atomic E-state index is 0.110. The fourth-order valence-electron chi connectivity index (χ4n) is 4.64. The van der Waals surface area contributed by atoms with Crippen LogP contribution in [0.3, 0.4) is 0 Å². The van der Waals surface area contributed by atoms with Crippen LogP contribution in [0.5, 0.6) is 0 Å². The molecule has 5 rings (SSSR count). The van der Waals surface area contributed by atoms with Gasteiger partial charge in [0.1, 0.15) is 11.4 Å². The Morgan fingerprint density at radius 1 is 1.17 bits per heavy atom. The second-order valence-corrected chi connectivity index (χ2v) is 8.44. The Morgan fingerprint density at radius 3 is 2.59 bits per heavy atom. The second kappa shape index (κ2) is 6.83. The highest BCUT2D eigenvalue weighted by atomic mass is 35.5. The lowest BCUT2D eigenvalue weighted by Gasteiger charge is -2.37. The number of piperidine rings is 1. The molecule has 3 atom stereocenters.